The van der Waals surface area contributed by atoms with E-state index >= 15 is 0 Å². The fraction of sp³-hybridized carbons (Fsp3) is 0.900. The van der Waals surface area contributed by atoms with Crippen LogP contribution >= 0.6 is 11.8 Å². The minimum Gasteiger partial charge on any atom is -0.465 e. The molecule has 0 heterocycles. The largest absolute Gasteiger partial charge is 0.465 e. The molecule has 1 atom stereocenters. The van der Waals surface area contributed by atoms with E-state index in [9.17, 15) is 18.0 Å². The summed E-state index contributed by atoms with van der Waals surface area (Å²) in [6, 6.07) is 0. The zero-order valence-electron chi connectivity index (χ0n) is 9.63. The highest BCUT2D eigenvalue weighted by molar-refractivity contribution is 8.00. The highest BCUT2D eigenvalue weighted by Gasteiger charge is 2.29. The Balaban J connectivity index is 4.10. The summed E-state index contributed by atoms with van der Waals surface area (Å²) in [4.78, 5) is 11.4. The average Bonchev–Trinajstić information content (AvgIpc) is 2.10. The van der Waals surface area contributed by atoms with Gasteiger partial charge >= 0.3 is 12.1 Å². The van der Waals surface area contributed by atoms with Crippen molar-refractivity contribution in [1.29, 1.82) is 0 Å². The van der Waals surface area contributed by atoms with E-state index in [0.717, 1.165) is 11.8 Å². The molecular formula is C10H17F3O2S. The first-order chi connectivity index (χ1) is 7.28. The third-order valence-corrected chi connectivity index (χ3v) is 3.34. The van der Waals surface area contributed by atoms with Gasteiger partial charge in [-0.2, -0.15) is 13.2 Å². The number of halogens is 3. The molecular weight excluding hydrogens is 241 g/mol. The minimum atomic E-state index is -4.16. The monoisotopic (exact) mass is 258 g/mol. The molecule has 0 spiro atoms. The van der Waals surface area contributed by atoms with Crippen LogP contribution in [0.2, 0.25) is 0 Å². The Morgan fingerprint density at radius 1 is 1.38 bits per heavy atom. The molecule has 0 aromatic rings. The number of hydrogen-bond acceptors (Lipinski definition) is 3. The number of rotatable bonds is 6. The van der Waals surface area contributed by atoms with Crippen LogP contribution in [0.15, 0.2) is 0 Å². The topological polar surface area (TPSA) is 26.3 Å². The first kappa shape index (κ1) is 15.6. The highest BCUT2D eigenvalue weighted by Crippen LogP contribution is 2.27. The maximum Gasteiger partial charge on any atom is 0.389 e. The third kappa shape index (κ3) is 6.98. The number of hydrogen-bond donors (Lipinski definition) is 0. The van der Waals surface area contributed by atoms with Gasteiger partial charge in [-0.05, 0) is 12.8 Å². The van der Waals surface area contributed by atoms with Gasteiger partial charge in [-0.1, -0.05) is 13.8 Å². The normalized spacial score (nSPS) is 13.9. The van der Waals surface area contributed by atoms with E-state index in [4.69, 9.17) is 4.74 Å². The molecule has 0 saturated heterocycles. The fourth-order valence-corrected chi connectivity index (χ4v) is 2.25. The minimum absolute atomic E-state index is 0.0303. The van der Waals surface area contributed by atoms with Crippen molar-refractivity contribution in [2.75, 3.05) is 12.4 Å². The van der Waals surface area contributed by atoms with Gasteiger partial charge in [0.05, 0.1) is 13.0 Å². The van der Waals surface area contributed by atoms with Crippen molar-refractivity contribution in [3.8, 4) is 0 Å². The smallest absolute Gasteiger partial charge is 0.389 e. The Hall–Kier alpha value is -0.390. The standard InChI is InChI=1S/C10H17F3O2S/c1-4-15-9(14)8(7(2)3)16-6-5-10(11,12)13/h7-8H,4-6H2,1-3H3. The number of ether oxygens (including phenoxy) is 1. The zero-order valence-corrected chi connectivity index (χ0v) is 10.5. The number of alkyl halides is 3. The van der Waals surface area contributed by atoms with E-state index in [1.54, 1.807) is 20.8 Å². The van der Waals surface area contributed by atoms with Crippen LogP contribution in [-0.4, -0.2) is 29.8 Å². The van der Waals surface area contributed by atoms with E-state index in [-0.39, 0.29) is 18.3 Å². The van der Waals surface area contributed by atoms with Gasteiger partial charge in [-0.15, -0.1) is 11.8 Å². The molecule has 0 rings (SSSR count). The van der Waals surface area contributed by atoms with Crippen molar-refractivity contribution in [2.24, 2.45) is 5.92 Å². The Kier molecular flexibility index (Phi) is 6.87. The second kappa shape index (κ2) is 7.04. The molecule has 96 valence electrons. The summed E-state index contributed by atoms with van der Waals surface area (Å²) in [5.41, 5.74) is 0. The van der Waals surface area contributed by atoms with Crippen molar-refractivity contribution in [1.82, 2.24) is 0 Å². The number of carbonyl (C=O) groups excluding carboxylic acids is 1. The Bertz CT molecular complexity index is 217. The lowest BCUT2D eigenvalue weighted by Gasteiger charge is -2.18. The number of esters is 1. The second-order valence-electron chi connectivity index (χ2n) is 3.65. The lowest BCUT2D eigenvalue weighted by molar-refractivity contribution is -0.143. The maximum absolute atomic E-state index is 11.9. The second-order valence-corrected chi connectivity index (χ2v) is 4.90. The molecule has 0 amide bonds. The first-order valence-electron chi connectivity index (χ1n) is 5.13. The summed E-state index contributed by atoms with van der Waals surface area (Å²) in [5, 5.41) is -0.512. The van der Waals surface area contributed by atoms with Gasteiger partial charge in [0.15, 0.2) is 0 Å². The lowest BCUT2D eigenvalue weighted by atomic mass is 10.1. The van der Waals surface area contributed by atoms with Gasteiger partial charge in [0.2, 0.25) is 0 Å². The molecule has 0 aromatic carbocycles. The number of carbonyl (C=O) groups is 1. The fourth-order valence-electron chi connectivity index (χ4n) is 1.06. The summed E-state index contributed by atoms with van der Waals surface area (Å²) in [6.45, 7) is 5.52. The molecule has 0 saturated carbocycles. The average molecular weight is 258 g/mol. The van der Waals surface area contributed by atoms with Crippen LogP contribution in [-0.2, 0) is 9.53 Å². The quantitative estimate of drug-likeness (QED) is 0.684. The summed E-state index contributed by atoms with van der Waals surface area (Å²) >= 11 is 1.01. The van der Waals surface area contributed by atoms with Crippen molar-refractivity contribution in [3.63, 3.8) is 0 Å². The number of thioether (sulfide) groups is 1. The molecule has 1 unspecified atom stereocenters. The van der Waals surface area contributed by atoms with E-state index < -0.39 is 23.8 Å². The van der Waals surface area contributed by atoms with E-state index in [1.807, 2.05) is 0 Å². The predicted octanol–water partition coefficient (Wildman–Crippen LogP) is 3.26. The first-order valence-corrected chi connectivity index (χ1v) is 6.17. The lowest BCUT2D eigenvalue weighted by Crippen LogP contribution is -2.26. The molecule has 0 aliphatic rings. The van der Waals surface area contributed by atoms with Crippen molar-refractivity contribution in [3.05, 3.63) is 0 Å². The van der Waals surface area contributed by atoms with Gasteiger partial charge in [0, 0.05) is 5.75 Å². The van der Waals surface area contributed by atoms with E-state index in [0.29, 0.717) is 0 Å². The van der Waals surface area contributed by atoms with Gasteiger partial charge < -0.3 is 4.74 Å². The molecule has 6 heteroatoms. The Morgan fingerprint density at radius 3 is 2.31 bits per heavy atom. The highest BCUT2D eigenvalue weighted by atomic mass is 32.2. The van der Waals surface area contributed by atoms with Gasteiger partial charge in [0.1, 0.15) is 5.25 Å². The van der Waals surface area contributed by atoms with Crippen molar-refractivity contribution in [2.45, 2.75) is 38.6 Å². The maximum atomic E-state index is 11.9. The van der Waals surface area contributed by atoms with Gasteiger partial charge in [-0.3, -0.25) is 4.79 Å². The summed E-state index contributed by atoms with van der Waals surface area (Å²) in [5.74, 6) is -0.563. The predicted molar refractivity (Wildman–Crippen MR) is 58.4 cm³/mol. The molecule has 0 N–H and O–H groups in total. The third-order valence-electron chi connectivity index (χ3n) is 1.81. The van der Waals surface area contributed by atoms with Gasteiger partial charge in [-0.25, -0.2) is 0 Å². The molecule has 16 heavy (non-hydrogen) atoms. The van der Waals surface area contributed by atoms with Crippen LogP contribution in [0.4, 0.5) is 13.2 Å². The van der Waals surface area contributed by atoms with Crippen LogP contribution < -0.4 is 0 Å². The molecule has 0 bridgehead atoms. The molecule has 0 aromatic heterocycles. The van der Waals surface area contributed by atoms with Crippen molar-refractivity contribution < 1.29 is 22.7 Å². The SMILES string of the molecule is CCOC(=O)C(SCCC(F)(F)F)C(C)C. The molecule has 0 aliphatic carbocycles. The van der Waals surface area contributed by atoms with Crippen LogP contribution in [0.1, 0.15) is 27.2 Å². The van der Waals surface area contributed by atoms with Crippen molar-refractivity contribution >= 4 is 17.7 Å². The van der Waals surface area contributed by atoms with E-state index in [1.165, 1.54) is 0 Å². The Labute approximate surface area is 97.9 Å². The zero-order chi connectivity index (χ0) is 12.8. The Morgan fingerprint density at radius 2 is 1.94 bits per heavy atom. The molecule has 2 nitrogen and oxygen atoms in total. The molecule has 0 fully saturated rings. The summed E-state index contributed by atoms with van der Waals surface area (Å²) < 4.78 is 40.6. The van der Waals surface area contributed by atoms with E-state index in [2.05, 4.69) is 0 Å². The van der Waals surface area contributed by atoms with Crippen LogP contribution in [0.5, 0.6) is 0 Å². The molecule has 0 aliphatic heterocycles. The van der Waals surface area contributed by atoms with Crippen LogP contribution in [0.25, 0.3) is 0 Å². The summed E-state index contributed by atoms with van der Waals surface area (Å²) in [6.07, 6.45) is -5.04. The van der Waals surface area contributed by atoms with Crippen LogP contribution in [0.3, 0.4) is 0 Å². The summed E-state index contributed by atoms with van der Waals surface area (Å²) in [7, 11) is 0. The van der Waals surface area contributed by atoms with Crippen LogP contribution in [0, 0.1) is 5.92 Å². The molecule has 0 radical (unpaired) electrons. The van der Waals surface area contributed by atoms with Gasteiger partial charge in [0.25, 0.3) is 0 Å².